The Balaban J connectivity index is 2.80. The van der Waals surface area contributed by atoms with Gasteiger partial charge in [0.1, 0.15) is 11.3 Å². The monoisotopic (exact) mass is 251 g/mol. The van der Waals surface area contributed by atoms with Crippen LogP contribution in [0.3, 0.4) is 0 Å². The van der Waals surface area contributed by atoms with Crippen molar-refractivity contribution in [2.45, 2.75) is 33.2 Å². The van der Waals surface area contributed by atoms with Crippen LogP contribution in [0.25, 0.3) is 11.0 Å². The molecule has 0 amide bonds. The number of furan rings is 1. The topological polar surface area (TPSA) is 25.2 Å². The van der Waals surface area contributed by atoms with Gasteiger partial charge in [-0.2, -0.15) is 0 Å². The van der Waals surface area contributed by atoms with Crippen molar-refractivity contribution in [3.63, 3.8) is 0 Å². The molecule has 0 radical (unpaired) electrons. The maximum Gasteiger partial charge on any atom is 0.139 e. The molecular formula is C14H18ClNO. The number of fused-ring (bicyclic) bond motifs is 1. The third kappa shape index (κ3) is 2.07. The summed E-state index contributed by atoms with van der Waals surface area (Å²) in [6.45, 7) is 7.12. The fourth-order valence-electron chi connectivity index (χ4n) is 2.27. The van der Waals surface area contributed by atoms with E-state index in [1.807, 2.05) is 19.2 Å². The van der Waals surface area contributed by atoms with E-state index in [1.165, 1.54) is 5.56 Å². The summed E-state index contributed by atoms with van der Waals surface area (Å²) in [6.07, 6.45) is 0. The largest absolute Gasteiger partial charge is 0.459 e. The lowest BCUT2D eigenvalue weighted by atomic mass is 9.98. The molecule has 1 heterocycles. The van der Waals surface area contributed by atoms with Crippen LogP contribution in [0.1, 0.15) is 36.7 Å². The summed E-state index contributed by atoms with van der Waals surface area (Å²) in [5.41, 5.74) is 3.28. The minimum Gasteiger partial charge on any atom is -0.459 e. The summed E-state index contributed by atoms with van der Waals surface area (Å²) in [7, 11) is 1.92. The maximum atomic E-state index is 6.31. The predicted octanol–water partition coefficient (Wildman–Crippen LogP) is 4.24. The van der Waals surface area contributed by atoms with Crippen LogP contribution in [0.5, 0.6) is 0 Å². The first kappa shape index (κ1) is 12.5. The number of hydrogen-bond donors (Lipinski definition) is 1. The lowest BCUT2D eigenvalue weighted by Crippen LogP contribution is -2.06. The lowest BCUT2D eigenvalue weighted by Gasteiger charge is -2.06. The second-order valence-electron chi connectivity index (χ2n) is 4.69. The Hall–Kier alpha value is -0.990. The molecule has 1 N–H and O–H groups in total. The number of benzene rings is 1. The fraction of sp³-hybridized carbons (Fsp3) is 0.429. The summed E-state index contributed by atoms with van der Waals surface area (Å²) in [5, 5.41) is 5.00. The Kier molecular flexibility index (Phi) is 3.45. The highest BCUT2D eigenvalue weighted by molar-refractivity contribution is 6.35. The van der Waals surface area contributed by atoms with E-state index in [9.17, 15) is 0 Å². The molecule has 0 aliphatic heterocycles. The normalized spacial score (nSPS) is 11.6. The smallest absolute Gasteiger partial charge is 0.139 e. The molecule has 0 spiro atoms. The van der Waals surface area contributed by atoms with Crippen molar-refractivity contribution in [2.75, 3.05) is 7.05 Å². The summed E-state index contributed by atoms with van der Waals surface area (Å²) >= 11 is 6.31. The zero-order valence-electron chi connectivity index (χ0n) is 10.7. The van der Waals surface area contributed by atoms with E-state index in [1.54, 1.807) is 0 Å². The average Bonchev–Trinajstić information content (AvgIpc) is 2.64. The first-order chi connectivity index (χ1) is 8.06. The Morgan fingerprint density at radius 1 is 1.35 bits per heavy atom. The predicted molar refractivity (Wildman–Crippen MR) is 72.8 cm³/mol. The fourth-order valence-corrected chi connectivity index (χ4v) is 2.52. The van der Waals surface area contributed by atoms with E-state index in [-0.39, 0.29) is 0 Å². The molecule has 1 aromatic carbocycles. The van der Waals surface area contributed by atoms with Crippen LogP contribution < -0.4 is 5.32 Å². The number of halogens is 1. The highest BCUT2D eigenvalue weighted by Gasteiger charge is 2.19. The molecule has 0 saturated heterocycles. The van der Waals surface area contributed by atoms with Gasteiger partial charge in [0.05, 0.1) is 11.6 Å². The van der Waals surface area contributed by atoms with Gasteiger partial charge >= 0.3 is 0 Å². The summed E-state index contributed by atoms with van der Waals surface area (Å²) in [6, 6.07) is 3.95. The molecule has 3 heteroatoms. The van der Waals surface area contributed by atoms with Crippen molar-refractivity contribution in [3.8, 4) is 0 Å². The van der Waals surface area contributed by atoms with Crippen molar-refractivity contribution in [1.29, 1.82) is 0 Å². The molecule has 0 aliphatic rings. The van der Waals surface area contributed by atoms with Gasteiger partial charge in [0.25, 0.3) is 0 Å². The van der Waals surface area contributed by atoms with Gasteiger partial charge in [-0.25, -0.2) is 0 Å². The van der Waals surface area contributed by atoms with E-state index < -0.39 is 0 Å². The molecule has 2 aromatic rings. The average molecular weight is 252 g/mol. The molecular weight excluding hydrogens is 234 g/mol. The van der Waals surface area contributed by atoms with Gasteiger partial charge in [0.15, 0.2) is 0 Å². The van der Waals surface area contributed by atoms with Crippen molar-refractivity contribution in [3.05, 3.63) is 34.0 Å². The SMILES string of the molecule is CNCc1oc2c(C)ccc(Cl)c2c1C(C)C. The minimum atomic E-state index is 0.402. The van der Waals surface area contributed by atoms with E-state index in [0.29, 0.717) is 5.92 Å². The summed E-state index contributed by atoms with van der Waals surface area (Å²) in [5.74, 6) is 1.40. The molecule has 0 saturated carbocycles. The highest BCUT2D eigenvalue weighted by atomic mass is 35.5. The molecule has 0 fully saturated rings. The van der Waals surface area contributed by atoms with E-state index in [2.05, 4.69) is 26.1 Å². The van der Waals surface area contributed by atoms with Gasteiger partial charge in [-0.3, -0.25) is 0 Å². The second kappa shape index (κ2) is 4.71. The molecule has 17 heavy (non-hydrogen) atoms. The van der Waals surface area contributed by atoms with Gasteiger partial charge in [-0.15, -0.1) is 0 Å². The van der Waals surface area contributed by atoms with Crippen molar-refractivity contribution in [2.24, 2.45) is 0 Å². The maximum absolute atomic E-state index is 6.31. The standard InChI is InChI=1S/C14H18ClNO/c1-8(2)12-11(7-16-4)17-14-9(3)5-6-10(15)13(12)14/h5-6,8,16H,7H2,1-4H3. The van der Waals surface area contributed by atoms with Crippen LogP contribution in [0.2, 0.25) is 5.02 Å². The summed E-state index contributed by atoms with van der Waals surface area (Å²) in [4.78, 5) is 0. The third-order valence-corrected chi connectivity index (χ3v) is 3.33. The minimum absolute atomic E-state index is 0.402. The van der Waals surface area contributed by atoms with Crippen LogP contribution >= 0.6 is 11.6 Å². The van der Waals surface area contributed by atoms with E-state index in [0.717, 1.165) is 33.9 Å². The van der Waals surface area contributed by atoms with Crippen LogP contribution in [-0.4, -0.2) is 7.05 Å². The van der Waals surface area contributed by atoms with Crippen molar-refractivity contribution >= 4 is 22.6 Å². The Morgan fingerprint density at radius 3 is 2.65 bits per heavy atom. The van der Waals surface area contributed by atoms with Gasteiger partial charge < -0.3 is 9.73 Å². The first-order valence-electron chi connectivity index (χ1n) is 5.91. The molecule has 0 aliphatic carbocycles. The lowest BCUT2D eigenvalue weighted by molar-refractivity contribution is 0.519. The highest BCUT2D eigenvalue weighted by Crippen LogP contribution is 2.37. The van der Waals surface area contributed by atoms with Crippen LogP contribution in [0.4, 0.5) is 0 Å². The second-order valence-corrected chi connectivity index (χ2v) is 5.10. The van der Waals surface area contributed by atoms with E-state index >= 15 is 0 Å². The Morgan fingerprint density at radius 2 is 2.06 bits per heavy atom. The Labute approximate surface area is 107 Å². The van der Waals surface area contributed by atoms with Gasteiger partial charge in [-0.05, 0) is 31.5 Å². The van der Waals surface area contributed by atoms with Gasteiger partial charge in [0.2, 0.25) is 0 Å². The molecule has 2 rings (SSSR count). The van der Waals surface area contributed by atoms with Crippen LogP contribution in [0.15, 0.2) is 16.5 Å². The number of hydrogen-bond acceptors (Lipinski definition) is 2. The van der Waals surface area contributed by atoms with E-state index in [4.69, 9.17) is 16.0 Å². The number of nitrogens with one attached hydrogen (secondary N) is 1. The van der Waals surface area contributed by atoms with Gasteiger partial charge in [-0.1, -0.05) is 31.5 Å². The first-order valence-corrected chi connectivity index (χ1v) is 6.29. The zero-order chi connectivity index (χ0) is 12.6. The van der Waals surface area contributed by atoms with Crippen LogP contribution in [-0.2, 0) is 6.54 Å². The van der Waals surface area contributed by atoms with Gasteiger partial charge in [0, 0.05) is 10.9 Å². The van der Waals surface area contributed by atoms with Crippen molar-refractivity contribution in [1.82, 2.24) is 5.32 Å². The summed E-state index contributed by atoms with van der Waals surface area (Å²) < 4.78 is 5.97. The molecule has 2 nitrogen and oxygen atoms in total. The molecule has 0 unspecified atom stereocenters. The molecule has 1 aromatic heterocycles. The molecule has 0 bridgehead atoms. The molecule has 0 atom stereocenters. The number of aryl methyl sites for hydroxylation is 1. The molecule has 92 valence electrons. The zero-order valence-corrected chi connectivity index (χ0v) is 11.5. The quantitative estimate of drug-likeness (QED) is 0.883. The van der Waals surface area contributed by atoms with Crippen LogP contribution in [0, 0.1) is 6.92 Å². The Bertz CT molecular complexity index is 543. The third-order valence-electron chi connectivity index (χ3n) is 3.01. The van der Waals surface area contributed by atoms with Crippen molar-refractivity contribution < 1.29 is 4.42 Å². The number of rotatable bonds is 3.